The minimum atomic E-state index is -0.0622. The number of fused-ring (bicyclic) bond motifs is 3. The second-order valence-electron chi connectivity index (χ2n) is 14.4. The number of hydrazone groups is 1. The molecule has 0 atom stereocenters. The summed E-state index contributed by atoms with van der Waals surface area (Å²) in [7, 11) is 0. The number of rotatable bonds is 7. The highest BCUT2D eigenvalue weighted by Gasteiger charge is 2.35. The van der Waals surface area contributed by atoms with Gasteiger partial charge in [0.05, 0.1) is 45.6 Å². The summed E-state index contributed by atoms with van der Waals surface area (Å²) < 4.78 is 0. The summed E-state index contributed by atoms with van der Waals surface area (Å²) in [6, 6.07) is 45.2. The number of nitrogens with one attached hydrogen (secondary N) is 2. The van der Waals surface area contributed by atoms with Crippen LogP contribution in [-0.2, 0) is 5.41 Å². The van der Waals surface area contributed by atoms with Crippen molar-refractivity contribution in [3.63, 3.8) is 0 Å². The zero-order chi connectivity index (χ0) is 37.5. The predicted molar refractivity (Wildman–Crippen MR) is 224 cm³/mol. The van der Waals surface area contributed by atoms with E-state index in [4.69, 9.17) is 15.1 Å². The molecule has 0 saturated carbocycles. The SMILES string of the molecule is Cc1ccc(-c2cccc(C3=C/C(=N/Nc4ccc(-c5ccc6c(c5)C(C)(C)c5ccccc5-6)cc4)C(=N)C(c4cccc(-c5ccccn5)n4)=C3)n2)nc1. The average Bonchev–Trinajstić information content (AvgIpc) is 3.46. The van der Waals surface area contributed by atoms with Crippen LogP contribution in [0.4, 0.5) is 5.69 Å². The molecule has 4 heterocycles. The van der Waals surface area contributed by atoms with Gasteiger partial charge in [0, 0.05) is 29.0 Å². The van der Waals surface area contributed by atoms with Crippen molar-refractivity contribution in [1.82, 2.24) is 19.9 Å². The quantitative estimate of drug-likeness (QED) is 0.127. The van der Waals surface area contributed by atoms with Gasteiger partial charge in [-0.05, 0) is 119 Å². The molecular weight excluding hydrogens is 675 g/mol. The number of anilines is 1. The monoisotopic (exact) mass is 711 g/mol. The molecule has 3 aromatic carbocycles. The normalized spacial score (nSPS) is 14.9. The van der Waals surface area contributed by atoms with Gasteiger partial charge in [0.2, 0.25) is 0 Å². The summed E-state index contributed by atoms with van der Waals surface area (Å²) in [6.07, 6.45) is 7.46. The van der Waals surface area contributed by atoms with Crippen molar-refractivity contribution in [2.24, 2.45) is 5.10 Å². The summed E-state index contributed by atoms with van der Waals surface area (Å²) in [5.74, 6) is 0. The molecule has 55 heavy (non-hydrogen) atoms. The van der Waals surface area contributed by atoms with Gasteiger partial charge in [-0.2, -0.15) is 5.10 Å². The maximum absolute atomic E-state index is 9.35. The van der Waals surface area contributed by atoms with Crippen molar-refractivity contribution in [3.05, 3.63) is 186 Å². The van der Waals surface area contributed by atoms with E-state index in [2.05, 4.69) is 83.8 Å². The highest BCUT2D eigenvalue weighted by molar-refractivity contribution is 6.62. The van der Waals surface area contributed by atoms with Gasteiger partial charge in [-0.1, -0.05) is 86.6 Å². The zero-order valence-corrected chi connectivity index (χ0v) is 30.7. The number of hydrogen-bond donors (Lipinski definition) is 2. The highest BCUT2D eigenvalue weighted by Crippen LogP contribution is 2.49. The first-order chi connectivity index (χ1) is 26.8. The first-order valence-corrected chi connectivity index (χ1v) is 18.3. The van der Waals surface area contributed by atoms with Crippen LogP contribution in [0.15, 0.2) is 163 Å². The smallest absolute Gasteiger partial charge is 0.110 e. The Hall–Kier alpha value is -7.12. The molecule has 2 aliphatic rings. The Kier molecular flexibility index (Phi) is 8.39. The molecule has 0 amide bonds. The molecule has 9 rings (SSSR count). The van der Waals surface area contributed by atoms with Gasteiger partial charge < -0.3 is 0 Å². The number of hydrogen-bond acceptors (Lipinski definition) is 7. The fourth-order valence-corrected chi connectivity index (χ4v) is 7.41. The Morgan fingerprint density at radius 3 is 2.02 bits per heavy atom. The molecule has 7 aromatic rings. The fourth-order valence-electron chi connectivity index (χ4n) is 7.41. The van der Waals surface area contributed by atoms with E-state index >= 15 is 0 Å². The molecule has 4 aromatic heterocycles. The lowest BCUT2D eigenvalue weighted by Crippen LogP contribution is -2.19. The standard InChI is InChI=1S/C48H37N7/c1-30-17-24-43(51-29-30)45-15-8-13-40(52-45)33-26-37(41-14-9-16-44(53-41)42-12-6-7-25-50-42)47(49)46(28-33)55-54-34-21-18-31(19-22-34)32-20-23-36-35-10-4-5-11-38(35)48(2,3)39(36)27-32/h4-29,49,54H,1-3H3/b49-47?,55-46-. The van der Waals surface area contributed by atoms with Crippen molar-refractivity contribution in [1.29, 1.82) is 5.41 Å². The molecule has 0 unspecified atom stereocenters. The van der Waals surface area contributed by atoms with E-state index in [9.17, 15) is 5.41 Å². The number of benzene rings is 3. The van der Waals surface area contributed by atoms with Gasteiger partial charge in [-0.25, -0.2) is 9.97 Å². The van der Waals surface area contributed by atoms with E-state index in [0.717, 1.165) is 50.9 Å². The Morgan fingerprint density at radius 2 is 1.25 bits per heavy atom. The molecule has 0 spiro atoms. The van der Waals surface area contributed by atoms with Crippen molar-refractivity contribution in [2.75, 3.05) is 5.43 Å². The molecule has 0 fully saturated rings. The van der Waals surface area contributed by atoms with Gasteiger partial charge in [-0.15, -0.1) is 0 Å². The van der Waals surface area contributed by atoms with Crippen LogP contribution in [0.25, 0.3) is 56.2 Å². The number of nitrogens with zero attached hydrogens (tertiary/aromatic N) is 5. The number of pyridine rings is 4. The van der Waals surface area contributed by atoms with Crippen LogP contribution in [0.2, 0.25) is 0 Å². The summed E-state index contributed by atoms with van der Waals surface area (Å²) in [6.45, 7) is 6.62. The first-order valence-electron chi connectivity index (χ1n) is 18.3. The van der Waals surface area contributed by atoms with Crippen molar-refractivity contribution >= 4 is 28.3 Å². The molecule has 2 aliphatic carbocycles. The fraction of sp³-hybridized carbons (Fsp3) is 0.0833. The van der Waals surface area contributed by atoms with Gasteiger partial charge in [0.1, 0.15) is 5.71 Å². The molecule has 7 heteroatoms. The molecule has 264 valence electrons. The van der Waals surface area contributed by atoms with Crippen molar-refractivity contribution in [2.45, 2.75) is 26.2 Å². The third-order valence-corrected chi connectivity index (χ3v) is 10.4. The van der Waals surface area contributed by atoms with Crippen LogP contribution in [0.3, 0.4) is 0 Å². The molecule has 0 saturated heterocycles. The van der Waals surface area contributed by atoms with E-state index in [1.54, 1.807) is 6.20 Å². The van der Waals surface area contributed by atoms with Crippen LogP contribution in [0.1, 0.15) is 41.9 Å². The Morgan fingerprint density at radius 1 is 0.582 bits per heavy atom. The maximum Gasteiger partial charge on any atom is 0.110 e. The summed E-state index contributed by atoms with van der Waals surface area (Å²) >= 11 is 0. The van der Waals surface area contributed by atoms with Crippen molar-refractivity contribution in [3.8, 4) is 45.0 Å². The lowest BCUT2D eigenvalue weighted by Gasteiger charge is -2.22. The van der Waals surface area contributed by atoms with E-state index < -0.39 is 0 Å². The Labute approximate surface area is 320 Å². The van der Waals surface area contributed by atoms with E-state index in [1.807, 2.05) is 104 Å². The second-order valence-corrected chi connectivity index (χ2v) is 14.4. The minimum absolute atomic E-state index is 0.0622. The van der Waals surface area contributed by atoms with Crippen LogP contribution in [0, 0.1) is 12.3 Å². The number of allylic oxidation sites excluding steroid dienone is 4. The number of aryl methyl sites for hydroxylation is 1. The largest absolute Gasteiger partial charge is 0.298 e. The Balaban J connectivity index is 1.04. The van der Waals surface area contributed by atoms with Crippen LogP contribution in [0.5, 0.6) is 0 Å². The lowest BCUT2D eigenvalue weighted by molar-refractivity contribution is 0.660. The van der Waals surface area contributed by atoms with E-state index in [-0.39, 0.29) is 11.1 Å². The molecule has 0 bridgehead atoms. The third kappa shape index (κ3) is 6.36. The van der Waals surface area contributed by atoms with Crippen LogP contribution in [-0.4, -0.2) is 31.4 Å². The van der Waals surface area contributed by atoms with Crippen LogP contribution >= 0.6 is 0 Å². The Bertz CT molecular complexity index is 2710. The van der Waals surface area contributed by atoms with Crippen LogP contribution < -0.4 is 5.43 Å². The summed E-state index contributed by atoms with van der Waals surface area (Å²) in [4.78, 5) is 19.0. The number of aromatic nitrogens is 4. The zero-order valence-electron chi connectivity index (χ0n) is 30.7. The summed E-state index contributed by atoms with van der Waals surface area (Å²) in [5, 5.41) is 14.1. The average molecular weight is 712 g/mol. The van der Waals surface area contributed by atoms with Gasteiger partial charge >= 0.3 is 0 Å². The predicted octanol–water partition coefficient (Wildman–Crippen LogP) is 10.9. The second kappa shape index (κ2) is 13.7. The maximum atomic E-state index is 9.35. The molecule has 2 N–H and O–H groups in total. The van der Waals surface area contributed by atoms with E-state index in [1.165, 1.54) is 27.8 Å². The molecule has 0 aliphatic heterocycles. The lowest BCUT2D eigenvalue weighted by atomic mass is 9.81. The molecular formula is C48H37N7. The topological polar surface area (TPSA) is 99.8 Å². The van der Waals surface area contributed by atoms with Gasteiger partial charge in [0.15, 0.2) is 0 Å². The third-order valence-electron chi connectivity index (χ3n) is 10.4. The minimum Gasteiger partial charge on any atom is -0.298 e. The first kappa shape index (κ1) is 33.7. The van der Waals surface area contributed by atoms with E-state index in [0.29, 0.717) is 17.0 Å². The van der Waals surface area contributed by atoms with Crippen molar-refractivity contribution < 1.29 is 0 Å². The van der Waals surface area contributed by atoms with Gasteiger partial charge in [0.25, 0.3) is 0 Å². The van der Waals surface area contributed by atoms with Gasteiger partial charge in [-0.3, -0.25) is 20.8 Å². The molecule has 7 nitrogen and oxygen atoms in total. The summed E-state index contributed by atoms with van der Waals surface area (Å²) in [5.41, 5.74) is 19.3. The molecule has 0 radical (unpaired) electrons. The highest BCUT2D eigenvalue weighted by atomic mass is 15.3.